The molecule has 0 bridgehead atoms. The van der Waals surface area contributed by atoms with E-state index in [1.165, 1.54) is 0 Å². The van der Waals surface area contributed by atoms with Gasteiger partial charge in [0.15, 0.2) is 0 Å². The van der Waals surface area contributed by atoms with Crippen molar-refractivity contribution in [3.63, 3.8) is 0 Å². The molecule has 6 nitrogen and oxygen atoms in total. The van der Waals surface area contributed by atoms with Crippen LogP contribution in [0, 0.1) is 6.92 Å². The van der Waals surface area contributed by atoms with Crippen LogP contribution in [0.25, 0.3) is 0 Å². The van der Waals surface area contributed by atoms with Gasteiger partial charge >= 0.3 is 0 Å². The fraction of sp³-hybridized carbons (Fsp3) is 0.308. The third-order valence-electron chi connectivity index (χ3n) is 6.35. The zero-order chi connectivity index (χ0) is 22.9. The topological polar surface area (TPSA) is 70.5 Å². The Labute approximate surface area is 198 Å². The minimum Gasteiger partial charge on any atom is -0.351 e. The minimum atomic E-state index is -0.0151. The molecule has 1 amide bonds. The van der Waals surface area contributed by atoms with Gasteiger partial charge in [0.25, 0.3) is 0 Å². The Morgan fingerprint density at radius 3 is 2.88 bits per heavy atom. The number of aliphatic imine (C=N–C) groups is 1. The number of pyridine rings is 2. The molecule has 2 aliphatic rings. The SMILES string of the molecule is Cc1cc(C2=NCc3cc(CC(=O)N[C@@H]4CN(C)C[C@H]4c4cccc(Cl)c4)ncc32)ccn1. The molecule has 5 rings (SSSR count). The van der Waals surface area contributed by atoms with Crippen molar-refractivity contribution in [3.8, 4) is 0 Å². The number of hydrogen-bond donors (Lipinski definition) is 1. The summed E-state index contributed by atoms with van der Waals surface area (Å²) in [6.45, 7) is 4.27. The highest BCUT2D eigenvalue weighted by atomic mass is 35.5. The van der Waals surface area contributed by atoms with E-state index in [1.54, 1.807) is 6.20 Å². The summed E-state index contributed by atoms with van der Waals surface area (Å²) in [6.07, 6.45) is 3.89. The lowest BCUT2D eigenvalue weighted by atomic mass is 9.94. The predicted molar refractivity (Wildman–Crippen MR) is 130 cm³/mol. The molecular weight excluding hydrogens is 434 g/mol. The zero-order valence-corrected chi connectivity index (χ0v) is 19.5. The Bertz CT molecular complexity index is 1240. The average Bonchev–Trinajstić information content (AvgIpc) is 3.36. The van der Waals surface area contributed by atoms with Crippen LogP contribution in [-0.2, 0) is 17.8 Å². The highest BCUT2D eigenvalue weighted by Gasteiger charge is 2.33. The van der Waals surface area contributed by atoms with Gasteiger partial charge in [-0.05, 0) is 55.4 Å². The monoisotopic (exact) mass is 459 g/mol. The van der Waals surface area contributed by atoms with Crippen LogP contribution in [0.3, 0.4) is 0 Å². The number of fused-ring (bicyclic) bond motifs is 1. The molecule has 1 fully saturated rings. The second-order valence-electron chi connectivity index (χ2n) is 8.92. The molecule has 3 aromatic rings. The van der Waals surface area contributed by atoms with Crippen molar-refractivity contribution in [1.29, 1.82) is 0 Å². The van der Waals surface area contributed by atoms with Crippen molar-refractivity contribution in [2.75, 3.05) is 20.1 Å². The molecular formula is C26H26ClN5O. The number of likely N-dealkylation sites (tertiary alicyclic amines) is 1. The van der Waals surface area contributed by atoms with Crippen LogP contribution < -0.4 is 5.32 Å². The lowest BCUT2D eigenvalue weighted by Crippen LogP contribution is -2.40. The summed E-state index contributed by atoms with van der Waals surface area (Å²) >= 11 is 6.20. The fourth-order valence-electron chi connectivity index (χ4n) is 4.82. The summed E-state index contributed by atoms with van der Waals surface area (Å²) in [5.41, 5.74) is 7.00. The van der Waals surface area contributed by atoms with E-state index in [1.807, 2.05) is 49.5 Å². The molecule has 4 heterocycles. The van der Waals surface area contributed by atoms with Gasteiger partial charge in [0.2, 0.25) is 5.91 Å². The standard InChI is InChI=1S/C26H26ClN5O/c1-16-8-18(6-7-28-16)26-22-13-29-21(10-19(22)12-30-26)11-25(33)31-24-15-32(2)14-23(24)17-4-3-5-20(27)9-17/h3-10,13,23-24H,11-12,14-15H2,1-2H3,(H,31,33)/t23-,24+/m0/s1. The van der Waals surface area contributed by atoms with Gasteiger partial charge in [0.1, 0.15) is 0 Å². The number of halogens is 1. The maximum absolute atomic E-state index is 12.9. The largest absolute Gasteiger partial charge is 0.351 e. The van der Waals surface area contributed by atoms with E-state index in [0.29, 0.717) is 6.54 Å². The molecule has 0 aliphatic carbocycles. The number of nitrogens with zero attached hydrogens (tertiary/aromatic N) is 4. The molecule has 7 heteroatoms. The molecule has 168 valence electrons. The Balaban J connectivity index is 1.27. The molecule has 1 aromatic carbocycles. The van der Waals surface area contributed by atoms with E-state index < -0.39 is 0 Å². The van der Waals surface area contributed by atoms with Gasteiger partial charge in [-0.25, -0.2) is 0 Å². The highest BCUT2D eigenvalue weighted by molar-refractivity contribution is 6.30. The fourth-order valence-corrected chi connectivity index (χ4v) is 5.02. The van der Waals surface area contributed by atoms with Crippen LogP contribution in [-0.4, -0.2) is 52.7 Å². The first-order chi connectivity index (χ1) is 16.0. The molecule has 2 aliphatic heterocycles. The van der Waals surface area contributed by atoms with Crippen LogP contribution in [0.1, 0.15) is 39.6 Å². The van der Waals surface area contributed by atoms with Gasteiger partial charge in [-0.1, -0.05) is 23.7 Å². The summed E-state index contributed by atoms with van der Waals surface area (Å²) in [5, 5.41) is 3.96. The molecule has 2 atom stereocenters. The summed E-state index contributed by atoms with van der Waals surface area (Å²) in [6, 6.07) is 14.0. The van der Waals surface area contributed by atoms with Crippen LogP contribution in [0.2, 0.25) is 5.02 Å². The third kappa shape index (κ3) is 4.68. The first-order valence-electron chi connectivity index (χ1n) is 11.2. The van der Waals surface area contributed by atoms with Crippen molar-refractivity contribution in [1.82, 2.24) is 20.2 Å². The maximum Gasteiger partial charge on any atom is 0.226 e. The van der Waals surface area contributed by atoms with Gasteiger partial charge in [-0.3, -0.25) is 19.8 Å². The van der Waals surface area contributed by atoms with Crippen molar-refractivity contribution >= 4 is 23.2 Å². The molecule has 1 saturated heterocycles. The minimum absolute atomic E-state index is 0.0151. The summed E-state index contributed by atoms with van der Waals surface area (Å²) in [7, 11) is 2.08. The number of amides is 1. The molecule has 0 radical (unpaired) electrons. The summed E-state index contributed by atoms with van der Waals surface area (Å²) in [4.78, 5) is 28.7. The molecule has 33 heavy (non-hydrogen) atoms. The number of hydrogen-bond acceptors (Lipinski definition) is 5. The molecule has 2 aromatic heterocycles. The molecule has 0 unspecified atom stereocenters. The number of aromatic nitrogens is 2. The number of aryl methyl sites for hydroxylation is 1. The summed E-state index contributed by atoms with van der Waals surface area (Å²) < 4.78 is 0. The Hall–Kier alpha value is -3.09. The number of rotatable bonds is 5. The quantitative estimate of drug-likeness (QED) is 0.633. The molecule has 0 spiro atoms. The van der Waals surface area contributed by atoms with Crippen LogP contribution >= 0.6 is 11.6 Å². The van der Waals surface area contributed by atoms with Crippen molar-refractivity contribution in [3.05, 3.63) is 93.5 Å². The molecule has 0 saturated carbocycles. The van der Waals surface area contributed by atoms with Crippen LogP contribution in [0.5, 0.6) is 0 Å². The third-order valence-corrected chi connectivity index (χ3v) is 6.58. The van der Waals surface area contributed by atoms with Crippen LogP contribution in [0.15, 0.2) is 59.9 Å². The Morgan fingerprint density at radius 2 is 2.06 bits per heavy atom. The van der Waals surface area contributed by atoms with E-state index in [0.717, 1.165) is 57.5 Å². The number of carbonyl (C=O) groups is 1. The van der Waals surface area contributed by atoms with Crippen molar-refractivity contribution in [2.24, 2.45) is 4.99 Å². The highest BCUT2D eigenvalue weighted by Crippen LogP contribution is 2.29. The first kappa shape index (κ1) is 21.7. The Kier molecular flexibility index (Phi) is 5.96. The second-order valence-corrected chi connectivity index (χ2v) is 9.35. The van der Waals surface area contributed by atoms with E-state index in [-0.39, 0.29) is 24.3 Å². The van der Waals surface area contributed by atoms with E-state index in [9.17, 15) is 4.79 Å². The van der Waals surface area contributed by atoms with Gasteiger partial charge in [-0.2, -0.15) is 0 Å². The van der Waals surface area contributed by atoms with E-state index in [4.69, 9.17) is 16.6 Å². The van der Waals surface area contributed by atoms with E-state index in [2.05, 4.69) is 33.3 Å². The zero-order valence-electron chi connectivity index (χ0n) is 18.8. The summed E-state index contributed by atoms with van der Waals surface area (Å²) in [5.74, 6) is 0.198. The molecule has 1 N–H and O–H groups in total. The maximum atomic E-state index is 12.9. The van der Waals surface area contributed by atoms with Gasteiger partial charge in [-0.15, -0.1) is 0 Å². The second kappa shape index (κ2) is 9.04. The lowest BCUT2D eigenvalue weighted by molar-refractivity contribution is -0.121. The number of likely N-dealkylation sites (N-methyl/N-ethyl adjacent to an activating group) is 1. The van der Waals surface area contributed by atoms with Gasteiger partial charge < -0.3 is 10.2 Å². The van der Waals surface area contributed by atoms with Gasteiger partial charge in [0.05, 0.1) is 24.4 Å². The van der Waals surface area contributed by atoms with Crippen LogP contribution in [0.4, 0.5) is 0 Å². The Morgan fingerprint density at radius 1 is 1.18 bits per heavy atom. The lowest BCUT2D eigenvalue weighted by Gasteiger charge is -2.20. The normalized spacial score (nSPS) is 19.9. The smallest absolute Gasteiger partial charge is 0.226 e. The van der Waals surface area contributed by atoms with Crippen molar-refractivity contribution in [2.45, 2.75) is 31.8 Å². The van der Waals surface area contributed by atoms with E-state index >= 15 is 0 Å². The number of benzene rings is 1. The average molecular weight is 460 g/mol. The number of nitrogens with one attached hydrogen (secondary N) is 1. The number of carbonyl (C=O) groups excluding carboxylic acids is 1. The van der Waals surface area contributed by atoms with Crippen molar-refractivity contribution < 1.29 is 4.79 Å². The predicted octanol–water partition coefficient (Wildman–Crippen LogP) is 3.55. The first-order valence-corrected chi connectivity index (χ1v) is 11.5. The van der Waals surface area contributed by atoms with Gasteiger partial charge in [0, 0.05) is 59.3 Å².